The molecule has 0 bridgehead atoms. The summed E-state index contributed by atoms with van der Waals surface area (Å²) < 4.78 is 52.4. The van der Waals surface area contributed by atoms with E-state index in [-0.39, 0.29) is 48.2 Å². The molecule has 3 rings (SSSR count). The number of hydrogen-bond acceptors (Lipinski definition) is 5. The molecule has 1 N–H and O–H groups in total. The summed E-state index contributed by atoms with van der Waals surface area (Å²) in [6.07, 6.45) is 1.02. The molecule has 0 aliphatic carbocycles. The first-order chi connectivity index (χ1) is 13.6. The molecular weight excluding hydrogens is 414 g/mol. The summed E-state index contributed by atoms with van der Waals surface area (Å²) in [6.45, 7) is 2.67. The Labute approximate surface area is 171 Å². The van der Waals surface area contributed by atoms with Crippen LogP contribution < -0.4 is 4.72 Å². The molecule has 8 nitrogen and oxygen atoms in total. The smallest absolute Gasteiger partial charge is 0.256 e. The number of benzene rings is 2. The van der Waals surface area contributed by atoms with E-state index in [1.54, 1.807) is 42.5 Å². The summed E-state index contributed by atoms with van der Waals surface area (Å²) in [5.41, 5.74) is 1.41. The molecule has 1 heterocycles. The summed E-state index contributed by atoms with van der Waals surface area (Å²) in [5.74, 6) is -0.343. The number of amides is 1. The average Bonchev–Trinajstić information content (AvgIpc) is 2.67. The second-order valence-electron chi connectivity index (χ2n) is 6.93. The zero-order valence-corrected chi connectivity index (χ0v) is 17.8. The number of rotatable bonds is 5. The number of anilines is 1. The van der Waals surface area contributed by atoms with E-state index in [9.17, 15) is 21.6 Å². The van der Waals surface area contributed by atoms with Gasteiger partial charge < -0.3 is 4.90 Å². The van der Waals surface area contributed by atoms with Crippen LogP contribution >= 0.6 is 0 Å². The van der Waals surface area contributed by atoms with E-state index in [4.69, 9.17) is 0 Å². The van der Waals surface area contributed by atoms with Crippen LogP contribution in [0.1, 0.15) is 15.9 Å². The molecule has 29 heavy (non-hydrogen) atoms. The monoisotopic (exact) mass is 437 g/mol. The number of nitrogens with one attached hydrogen (secondary N) is 1. The number of carbonyl (C=O) groups is 1. The van der Waals surface area contributed by atoms with Gasteiger partial charge in [-0.05, 0) is 31.2 Å². The maximum Gasteiger partial charge on any atom is 0.256 e. The van der Waals surface area contributed by atoms with E-state index in [1.165, 1.54) is 15.3 Å². The molecule has 0 aromatic heterocycles. The van der Waals surface area contributed by atoms with Crippen LogP contribution in [0.5, 0.6) is 0 Å². The molecule has 0 radical (unpaired) electrons. The molecule has 156 valence electrons. The predicted octanol–water partition coefficient (Wildman–Crippen LogP) is 1.51. The van der Waals surface area contributed by atoms with Crippen molar-refractivity contribution in [3.8, 4) is 0 Å². The lowest BCUT2D eigenvalue weighted by molar-refractivity contribution is 0.0699. The van der Waals surface area contributed by atoms with Gasteiger partial charge in [-0.2, -0.15) is 4.31 Å². The first kappa shape index (κ1) is 21.3. The van der Waals surface area contributed by atoms with Gasteiger partial charge >= 0.3 is 0 Å². The van der Waals surface area contributed by atoms with Gasteiger partial charge in [-0.3, -0.25) is 9.52 Å². The van der Waals surface area contributed by atoms with Crippen molar-refractivity contribution in [3.05, 3.63) is 59.7 Å². The van der Waals surface area contributed by atoms with Crippen LogP contribution in [0.15, 0.2) is 53.4 Å². The van der Waals surface area contributed by atoms with E-state index >= 15 is 0 Å². The average molecular weight is 438 g/mol. The molecule has 1 fully saturated rings. The number of piperazine rings is 1. The molecule has 1 aliphatic heterocycles. The third-order valence-electron chi connectivity index (χ3n) is 4.64. The molecule has 0 saturated carbocycles. The highest BCUT2D eigenvalue weighted by Crippen LogP contribution is 2.22. The first-order valence-corrected chi connectivity index (χ1v) is 12.3. The first-order valence-electron chi connectivity index (χ1n) is 9.01. The fourth-order valence-corrected chi connectivity index (χ4v) is 5.12. The van der Waals surface area contributed by atoms with Crippen molar-refractivity contribution in [2.45, 2.75) is 11.8 Å². The highest BCUT2D eigenvalue weighted by Gasteiger charge is 2.31. The van der Waals surface area contributed by atoms with E-state index in [1.807, 2.05) is 6.92 Å². The van der Waals surface area contributed by atoms with Crippen LogP contribution in [0.3, 0.4) is 0 Å². The van der Waals surface area contributed by atoms with Gasteiger partial charge in [-0.1, -0.05) is 29.8 Å². The number of sulfonamides is 2. The fraction of sp³-hybridized carbons (Fsp3) is 0.316. The van der Waals surface area contributed by atoms with Crippen molar-refractivity contribution >= 4 is 31.6 Å². The van der Waals surface area contributed by atoms with Crippen LogP contribution in [-0.2, 0) is 20.0 Å². The highest BCUT2D eigenvalue weighted by molar-refractivity contribution is 7.92. The molecule has 0 spiro atoms. The summed E-state index contributed by atoms with van der Waals surface area (Å²) in [4.78, 5) is 14.7. The van der Waals surface area contributed by atoms with Crippen LogP contribution in [-0.4, -0.2) is 64.4 Å². The number of para-hydroxylation sites is 1. The minimum atomic E-state index is -3.62. The van der Waals surface area contributed by atoms with Gasteiger partial charge in [0, 0.05) is 26.2 Å². The molecule has 2 aromatic rings. The van der Waals surface area contributed by atoms with Crippen molar-refractivity contribution in [3.63, 3.8) is 0 Å². The van der Waals surface area contributed by atoms with Crippen molar-refractivity contribution in [2.24, 2.45) is 0 Å². The normalized spacial score (nSPS) is 15.9. The van der Waals surface area contributed by atoms with Crippen molar-refractivity contribution in [1.82, 2.24) is 9.21 Å². The SMILES string of the molecule is Cc1ccc(S(=O)(=O)N2CCN(C(=O)c3ccccc3NS(C)(=O)=O)CC2)cc1. The summed E-state index contributed by atoms with van der Waals surface area (Å²) in [6, 6.07) is 13.0. The standard InChI is InChI=1S/C19H23N3O5S2/c1-15-7-9-16(10-8-15)29(26,27)22-13-11-21(12-14-22)19(23)17-5-3-4-6-18(17)20-28(2,24)25/h3-10,20H,11-14H2,1-2H3. The van der Waals surface area contributed by atoms with E-state index in [2.05, 4.69) is 4.72 Å². The molecule has 0 unspecified atom stereocenters. The second-order valence-corrected chi connectivity index (χ2v) is 10.6. The van der Waals surface area contributed by atoms with Crippen molar-refractivity contribution in [1.29, 1.82) is 0 Å². The lowest BCUT2D eigenvalue weighted by atomic mass is 10.1. The Morgan fingerprint density at radius 3 is 2.07 bits per heavy atom. The Morgan fingerprint density at radius 1 is 0.897 bits per heavy atom. The van der Waals surface area contributed by atoms with Crippen LogP contribution in [0.4, 0.5) is 5.69 Å². The molecular formula is C19H23N3O5S2. The number of hydrogen-bond donors (Lipinski definition) is 1. The minimum Gasteiger partial charge on any atom is -0.336 e. The molecule has 1 saturated heterocycles. The van der Waals surface area contributed by atoms with Gasteiger partial charge in [-0.25, -0.2) is 16.8 Å². The number of aryl methyl sites for hydroxylation is 1. The Morgan fingerprint density at radius 2 is 1.48 bits per heavy atom. The van der Waals surface area contributed by atoms with Gasteiger partial charge in [0.15, 0.2) is 0 Å². The zero-order chi connectivity index (χ0) is 21.2. The minimum absolute atomic E-state index is 0.170. The zero-order valence-electron chi connectivity index (χ0n) is 16.2. The Bertz CT molecular complexity index is 1100. The summed E-state index contributed by atoms with van der Waals surface area (Å²) in [7, 11) is -7.16. The maximum atomic E-state index is 12.9. The third-order valence-corrected chi connectivity index (χ3v) is 7.14. The van der Waals surface area contributed by atoms with E-state index in [0.717, 1.165) is 11.8 Å². The van der Waals surface area contributed by atoms with Crippen LogP contribution in [0.25, 0.3) is 0 Å². The van der Waals surface area contributed by atoms with Gasteiger partial charge in [0.2, 0.25) is 20.0 Å². The quantitative estimate of drug-likeness (QED) is 0.764. The van der Waals surface area contributed by atoms with E-state index < -0.39 is 20.0 Å². The fourth-order valence-electron chi connectivity index (χ4n) is 3.12. The Balaban J connectivity index is 1.73. The lowest BCUT2D eigenvalue weighted by Crippen LogP contribution is -2.50. The van der Waals surface area contributed by atoms with Gasteiger partial charge in [-0.15, -0.1) is 0 Å². The van der Waals surface area contributed by atoms with Gasteiger partial charge in [0.05, 0.1) is 22.4 Å². The number of nitrogens with zero attached hydrogens (tertiary/aromatic N) is 2. The molecule has 10 heteroatoms. The summed E-state index contributed by atoms with van der Waals surface area (Å²) in [5, 5.41) is 0. The third kappa shape index (κ3) is 4.95. The summed E-state index contributed by atoms with van der Waals surface area (Å²) >= 11 is 0. The molecule has 2 aromatic carbocycles. The van der Waals surface area contributed by atoms with Crippen LogP contribution in [0.2, 0.25) is 0 Å². The molecule has 1 aliphatic rings. The van der Waals surface area contributed by atoms with Gasteiger partial charge in [0.1, 0.15) is 0 Å². The second kappa shape index (κ2) is 8.13. The highest BCUT2D eigenvalue weighted by atomic mass is 32.2. The molecule has 1 amide bonds. The maximum absolute atomic E-state index is 12.9. The lowest BCUT2D eigenvalue weighted by Gasteiger charge is -2.34. The van der Waals surface area contributed by atoms with Crippen molar-refractivity contribution < 1.29 is 21.6 Å². The van der Waals surface area contributed by atoms with Crippen molar-refractivity contribution in [2.75, 3.05) is 37.2 Å². The Hall–Kier alpha value is -2.43. The van der Waals surface area contributed by atoms with Gasteiger partial charge in [0.25, 0.3) is 5.91 Å². The molecule has 0 atom stereocenters. The topological polar surface area (TPSA) is 104 Å². The Kier molecular flexibility index (Phi) is 5.97. The predicted molar refractivity (Wildman–Crippen MR) is 111 cm³/mol. The largest absolute Gasteiger partial charge is 0.336 e. The van der Waals surface area contributed by atoms with E-state index in [0.29, 0.717) is 0 Å². The van der Waals surface area contributed by atoms with Crippen LogP contribution in [0, 0.1) is 6.92 Å². The number of carbonyl (C=O) groups excluding carboxylic acids is 1.